The Morgan fingerprint density at radius 3 is 2.34 bits per heavy atom. The molecule has 1 aliphatic rings. The van der Waals surface area contributed by atoms with Crippen molar-refractivity contribution in [1.82, 2.24) is 9.62 Å². The Hall–Kier alpha value is -2.38. The fourth-order valence-electron chi connectivity index (χ4n) is 3.36. The van der Waals surface area contributed by atoms with Gasteiger partial charge in [0, 0.05) is 19.0 Å². The molecule has 0 unspecified atom stereocenters. The van der Waals surface area contributed by atoms with Crippen molar-refractivity contribution in [3.63, 3.8) is 0 Å². The highest BCUT2D eigenvalue weighted by molar-refractivity contribution is 7.89. The van der Waals surface area contributed by atoms with Gasteiger partial charge in [0.1, 0.15) is 12.4 Å². The Morgan fingerprint density at radius 2 is 1.72 bits per heavy atom. The van der Waals surface area contributed by atoms with Gasteiger partial charge in [-0.1, -0.05) is 35.9 Å². The predicted molar refractivity (Wildman–Crippen MR) is 112 cm³/mol. The first-order chi connectivity index (χ1) is 13.9. The summed E-state index contributed by atoms with van der Waals surface area (Å²) < 4.78 is 32.6. The lowest BCUT2D eigenvalue weighted by molar-refractivity contribution is -0.126. The largest absolute Gasteiger partial charge is 0.491 e. The van der Waals surface area contributed by atoms with Crippen molar-refractivity contribution in [3.8, 4) is 5.75 Å². The summed E-state index contributed by atoms with van der Waals surface area (Å²) in [5.74, 6) is 0.553. The molecule has 1 aliphatic heterocycles. The lowest BCUT2D eigenvalue weighted by Gasteiger charge is -2.31. The van der Waals surface area contributed by atoms with E-state index in [9.17, 15) is 13.2 Å². The van der Waals surface area contributed by atoms with Gasteiger partial charge in [0.05, 0.1) is 10.9 Å². The molecule has 0 aliphatic carbocycles. The van der Waals surface area contributed by atoms with Crippen LogP contribution in [0.5, 0.6) is 5.75 Å². The normalized spacial score (nSPS) is 16.9. The molecule has 156 valence electrons. The maximum absolute atomic E-state index is 12.7. The fraction of sp³-hybridized carbons (Fsp3) is 0.409. The molecule has 29 heavy (non-hydrogen) atoms. The summed E-state index contributed by atoms with van der Waals surface area (Å²) in [5.41, 5.74) is 1.17. The third kappa shape index (κ3) is 5.58. The average molecular weight is 417 g/mol. The second-order valence-corrected chi connectivity index (χ2v) is 9.46. The molecule has 2 aromatic rings. The topological polar surface area (TPSA) is 75.7 Å². The second-order valence-electron chi connectivity index (χ2n) is 7.53. The molecule has 0 spiro atoms. The maximum atomic E-state index is 12.7. The van der Waals surface area contributed by atoms with Gasteiger partial charge in [-0.25, -0.2) is 8.42 Å². The first-order valence-electron chi connectivity index (χ1n) is 9.91. The summed E-state index contributed by atoms with van der Waals surface area (Å²) in [6, 6.07) is 16.1. The van der Waals surface area contributed by atoms with Gasteiger partial charge in [-0.2, -0.15) is 4.31 Å². The molecule has 1 fully saturated rings. The number of ether oxygens (including phenoxy) is 1. The van der Waals surface area contributed by atoms with Gasteiger partial charge in [-0.15, -0.1) is 0 Å². The van der Waals surface area contributed by atoms with Gasteiger partial charge in [0.2, 0.25) is 15.9 Å². The molecule has 2 aromatic carbocycles. The van der Waals surface area contributed by atoms with Crippen LogP contribution >= 0.6 is 0 Å². The van der Waals surface area contributed by atoms with Crippen molar-refractivity contribution < 1.29 is 17.9 Å². The first kappa shape index (κ1) is 21.3. The van der Waals surface area contributed by atoms with Crippen molar-refractivity contribution in [2.75, 3.05) is 19.7 Å². The summed E-state index contributed by atoms with van der Waals surface area (Å²) >= 11 is 0. The number of hydrogen-bond donors (Lipinski definition) is 1. The van der Waals surface area contributed by atoms with Gasteiger partial charge < -0.3 is 10.1 Å². The Bertz CT molecular complexity index is 906. The highest BCUT2D eigenvalue weighted by atomic mass is 32.2. The number of rotatable bonds is 7. The monoisotopic (exact) mass is 416 g/mol. The second kappa shape index (κ2) is 9.41. The summed E-state index contributed by atoms with van der Waals surface area (Å²) in [6.45, 7) is 5.01. The van der Waals surface area contributed by atoms with E-state index in [0.717, 1.165) is 5.75 Å². The molecule has 0 aromatic heterocycles. The number of nitrogens with zero attached hydrogens (tertiary/aromatic N) is 1. The molecule has 0 radical (unpaired) electrons. The van der Waals surface area contributed by atoms with Crippen molar-refractivity contribution in [2.45, 2.75) is 37.6 Å². The number of aryl methyl sites for hydroxylation is 1. The SMILES string of the molecule is Cc1ccc(OC[C@H](C)NC(=O)C2CCN(S(=O)(=O)c3ccccc3)CC2)cc1. The van der Waals surface area contributed by atoms with Crippen molar-refractivity contribution >= 4 is 15.9 Å². The molecule has 6 nitrogen and oxygen atoms in total. The molecule has 7 heteroatoms. The highest BCUT2D eigenvalue weighted by Crippen LogP contribution is 2.24. The zero-order valence-corrected chi connectivity index (χ0v) is 17.7. The molecule has 1 amide bonds. The Kier molecular flexibility index (Phi) is 6.92. The van der Waals surface area contributed by atoms with Crippen LogP contribution in [0.1, 0.15) is 25.3 Å². The third-order valence-electron chi connectivity index (χ3n) is 5.12. The summed E-state index contributed by atoms with van der Waals surface area (Å²) in [6.07, 6.45) is 1.03. The van der Waals surface area contributed by atoms with E-state index in [-0.39, 0.29) is 17.9 Å². The number of nitrogens with one attached hydrogen (secondary N) is 1. The number of benzene rings is 2. The van der Waals surface area contributed by atoms with E-state index in [0.29, 0.717) is 37.4 Å². The van der Waals surface area contributed by atoms with Crippen LogP contribution in [-0.2, 0) is 14.8 Å². The van der Waals surface area contributed by atoms with Crippen LogP contribution < -0.4 is 10.1 Å². The van der Waals surface area contributed by atoms with Crippen LogP contribution in [0, 0.1) is 12.8 Å². The van der Waals surface area contributed by atoms with Crippen LogP contribution in [0.25, 0.3) is 0 Å². The van der Waals surface area contributed by atoms with E-state index in [1.165, 1.54) is 9.87 Å². The summed E-state index contributed by atoms with van der Waals surface area (Å²) in [4.78, 5) is 12.9. The molecular weight excluding hydrogens is 388 g/mol. The van der Waals surface area contributed by atoms with Gasteiger partial charge in [-0.3, -0.25) is 4.79 Å². The van der Waals surface area contributed by atoms with Crippen molar-refractivity contribution in [3.05, 3.63) is 60.2 Å². The molecule has 1 atom stereocenters. The number of carbonyl (C=O) groups excluding carboxylic acids is 1. The summed E-state index contributed by atoms with van der Waals surface area (Å²) in [5, 5.41) is 2.98. The van der Waals surface area contributed by atoms with Crippen LogP contribution in [-0.4, -0.2) is 44.4 Å². The zero-order chi connectivity index (χ0) is 20.9. The molecule has 1 saturated heterocycles. The van der Waals surface area contributed by atoms with E-state index in [1.807, 2.05) is 38.1 Å². The average Bonchev–Trinajstić information content (AvgIpc) is 2.74. The smallest absolute Gasteiger partial charge is 0.243 e. The minimum absolute atomic E-state index is 0.0400. The number of piperidine rings is 1. The van der Waals surface area contributed by atoms with Crippen LogP contribution in [0.2, 0.25) is 0 Å². The quantitative estimate of drug-likeness (QED) is 0.753. The Labute approximate surface area is 172 Å². The molecule has 1 N–H and O–H groups in total. The predicted octanol–water partition coefficient (Wildman–Crippen LogP) is 2.98. The Morgan fingerprint density at radius 1 is 1.10 bits per heavy atom. The fourth-order valence-corrected chi connectivity index (χ4v) is 4.85. The van der Waals surface area contributed by atoms with E-state index in [2.05, 4.69) is 5.32 Å². The molecule has 0 saturated carbocycles. The number of hydrogen-bond acceptors (Lipinski definition) is 4. The standard InChI is InChI=1S/C22H28N2O4S/c1-17-8-10-20(11-9-17)28-16-18(2)23-22(25)19-12-14-24(15-13-19)29(26,27)21-6-4-3-5-7-21/h3-11,18-19H,12-16H2,1-2H3,(H,23,25)/t18-/m0/s1. The van der Waals surface area contributed by atoms with E-state index < -0.39 is 10.0 Å². The highest BCUT2D eigenvalue weighted by Gasteiger charge is 2.32. The summed E-state index contributed by atoms with van der Waals surface area (Å²) in [7, 11) is -3.49. The van der Waals surface area contributed by atoms with Crippen LogP contribution in [0.3, 0.4) is 0 Å². The Balaban J connectivity index is 1.46. The van der Waals surface area contributed by atoms with Crippen molar-refractivity contribution in [1.29, 1.82) is 0 Å². The minimum atomic E-state index is -3.49. The zero-order valence-electron chi connectivity index (χ0n) is 16.9. The van der Waals surface area contributed by atoms with E-state index >= 15 is 0 Å². The van der Waals surface area contributed by atoms with E-state index in [1.54, 1.807) is 30.3 Å². The number of amides is 1. The maximum Gasteiger partial charge on any atom is 0.243 e. The lowest BCUT2D eigenvalue weighted by Crippen LogP contribution is -2.45. The number of carbonyl (C=O) groups is 1. The van der Waals surface area contributed by atoms with Gasteiger partial charge >= 0.3 is 0 Å². The molecular formula is C22H28N2O4S. The van der Waals surface area contributed by atoms with Crippen LogP contribution in [0.4, 0.5) is 0 Å². The van der Waals surface area contributed by atoms with Crippen molar-refractivity contribution in [2.24, 2.45) is 5.92 Å². The van der Waals surface area contributed by atoms with Gasteiger partial charge in [0.25, 0.3) is 0 Å². The lowest BCUT2D eigenvalue weighted by atomic mass is 9.97. The van der Waals surface area contributed by atoms with E-state index in [4.69, 9.17) is 4.74 Å². The first-order valence-corrected chi connectivity index (χ1v) is 11.4. The number of sulfonamides is 1. The molecule has 0 bridgehead atoms. The third-order valence-corrected chi connectivity index (χ3v) is 7.03. The molecule has 1 heterocycles. The van der Waals surface area contributed by atoms with Gasteiger partial charge in [0.15, 0.2) is 0 Å². The molecule has 3 rings (SSSR count). The van der Waals surface area contributed by atoms with Crippen LogP contribution in [0.15, 0.2) is 59.5 Å². The minimum Gasteiger partial charge on any atom is -0.491 e. The van der Waals surface area contributed by atoms with Gasteiger partial charge in [-0.05, 0) is 51.0 Å².